The van der Waals surface area contributed by atoms with Crippen molar-refractivity contribution < 1.29 is 18.9 Å². The van der Waals surface area contributed by atoms with Gasteiger partial charge in [0.2, 0.25) is 0 Å². The lowest BCUT2D eigenvalue weighted by atomic mass is 11.2. The van der Waals surface area contributed by atoms with E-state index in [0.717, 1.165) is 0 Å². The van der Waals surface area contributed by atoms with Gasteiger partial charge in [-0.15, -0.1) is 0 Å². The summed E-state index contributed by atoms with van der Waals surface area (Å²) >= 11 is 5.50. The van der Waals surface area contributed by atoms with Crippen molar-refractivity contribution in [1.29, 1.82) is 0 Å². The number of hydrogen-bond donors (Lipinski definition) is 2. The van der Waals surface area contributed by atoms with Crippen LogP contribution in [0.4, 0.5) is 0 Å². The summed E-state index contributed by atoms with van der Waals surface area (Å²) in [6, 6.07) is 0. The van der Waals surface area contributed by atoms with E-state index in [9.17, 15) is 4.57 Å². The molecule has 0 rings (SSSR count). The summed E-state index contributed by atoms with van der Waals surface area (Å²) in [6.45, 7) is 0. The van der Waals surface area contributed by atoms with Crippen LogP contribution in [0, 0.1) is 0 Å². The Morgan fingerprint density at radius 1 is 1.67 bits per heavy atom. The molecule has 0 radical (unpaired) electrons. The van der Waals surface area contributed by atoms with Crippen LogP contribution in [0.3, 0.4) is 0 Å². The van der Waals surface area contributed by atoms with Crippen LogP contribution in [0.25, 0.3) is 0 Å². The van der Waals surface area contributed by atoms with Crippen LogP contribution in [-0.2, 0) is 9.09 Å². The Morgan fingerprint density at radius 3 is 2.22 bits per heavy atom. The minimum absolute atomic E-state index is 0.0455. The lowest BCUT2D eigenvalue weighted by Gasteiger charge is -2.02. The van der Waals surface area contributed by atoms with Crippen molar-refractivity contribution in [2.24, 2.45) is 0 Å². The topological polar surface area (TPSA) is 66.8 Å². The van der Waals surface area contributed by atoms with E-state index < -0.39 is 7.82 Å². The third kappa shape index (κ3) is 6.54. The molecule has 0 aromatic heterocycles. The quantitative estimate of drug-likeness (QED) is 0.597. The normalized spacial score (nSPS) is 13.6. The predicted octanol–water partition coefficient (Wildman–Crippen LogP) is 1.68. The summed E-state index contributed by atoms with van der Waals surface area (Å²) in [5.74, 6) is 0. The summed E-state index contributed by atoms with van der Waals surface area (Å²) in [7, 11) is -4.38. The van der Waals surface area contributed by atoms with E-state index >= 15 is 0 Å². The van der Waals surface area contributed by atoms with Crippen molar-refractivity contribution in [1.82, 2.24) is 0 Å². The maximum absolute atomic E-state index is 9.98. The lowest BCUT2D eigenvalue weighted by molar-refractivity contribution is 0.255. The molecule has 54 valence electrons. The second-order valence-corrected chi connectivity index (χ2v) is 3.40. The fourth-order valence-corrected chi connectivity index (χ4v) is 1.22. The lowest BCUT2D eigenvalue weighted by Crippen LogP contribution is -1.80. The van der Waals surface area contributed by atoms with Gasteiger partial charge < -0.3 is 4.52 Å². The highest BCUT2D eigenvalue weighted by Gasteiger charge is 2.15. The Hall–Kier alpha value is 0.650. The van der Waals surface area contributed by atoms with Gasteiger partial charge in [0.15, 0.2) is 4.67 Å². The molecule has 4 nitrogen and oxygen atoms in total. The van der Waals surface area contributed by atoms with E-state index in [1.807, 2.05) is 0 Å². The summed E-state index contributed by atoms with van der Waals surface area (Å²) in [5.41, 5.74) is 0. The van der Waals surface area contributed by atoms with Crippen molar-refractivity contribution in [3.05, 3.63) is 9.65 Å². The highest BCUT2D eigenvalue weighted by atomic mass is 79.9. The van der Waals surface area contributed by atoms with E-state index in [2.05, 4.69) is 36.4 Å². The highest BCUT2D eigenvalue weighted by molar-refractivity contribution is 9.13. The Bertz CT molecular complexity index is 160. The fourth-order valence-electron chi connectivity index (χ4n) is 0.134. The first kappa shape index (κ1) is 9.65. The van der Waals surface area contributed by atoms with Crippen LogP contribution in [0.2, 0.25) is 0 Å². The molecular formula is C2H3Br2O4P. The summed E-state index contributed by atoms with van der Waals surface area (Å²) in [4.78, 5) is 17.4. The van der Waals surface area contributed by atoms with Crippen LogP contribution in [0.1, 0.15) is 0 Å². The molecule has 0 heterocycles. The second-order valence-electron chi connectivity index (χ2n) is 0.995. The third-order valence-electron chi connectivity index (χ3n) is 0.292. The van der Waals surface area contributed by atoms with E-state index in [1.165, 1.54) is 4.99 Å². The maximum Gasteiger partial charge on any atom is 0.525 e. The molecule has 0 fully saturated rings. The molecular weight excluding hydrogens is 279 g/mol. The minimum atomic E-state index is -4.38. The summed E-state index contributed by atoms with van der Waals surface area (Å²) in [5, 5.41) is 0. The zero-order valence-corrected chi connectivity index (χ0v) is 8.06. The molecule has 0 bridgehead atoms. The highest BCUT2D eigenvalue weighted by Crippen LogP contribution is 2.40. The molecule has 0 aliphatic carbocycles. The Labute approximate surface area is 68.4 Å². The van der Waals surface area contributed by atoms with Crippen molar-refractivity contribution in [2.75, 3.05) is 0 Å². The first-order chi connectivity index (χ1) is 3.95. The van der Waals surface area contributed by atoms with Crippen molar-refractivity contribution in [3.63, 3.8) is 0 Å². The monoisotopic (exact) mass is 280 g/mol. The van der Waals surface area contributed by atoms with E-state index in [4.69, 9.17) is 9.79 Å². The molecule has 0 aliphatic rings. The molecule has 0 saturated carbocycles. The molecule has 0 aliphatic heterocycles. The SMILES string of the molecule is O=P(O)(O)OC(Br)=CBr. The Morgan fingerprint density at radius 2 is 2.11 bits per heavy atom. The summed E-state index contributed by atoms with van der Waals surface area (Å²) in [6.07, 6.45) is 0. The fraction of sp³-hybridized carbons (Fsp3) is 0. The average molecular weight is 282 g/mol. The maximum atomic E-state index is 9.98. The van der Waals surface area contributed by atoms with Gasteiger partial charge in [0, 0.05) is 4.99 Å². The average Bonchev–Trinajstić information content (AvgIpc) is 1.62. The van der Waals surface area contributed by atoms with Gasteiger partial charge >= 0.3 is 7.82 Å². The molecule has 0 spiro atoms. The molecule has 0 saturated heterocycles. The molecule has 0 unspecified atom stereocenters. The zero-order valence-electron chi connectivity index (χ0n) is 3.99. The number of hydrogen-bond acceptors (Lipinski definition) is 2. The predicted molar refractivity (Wildman–Crippen MR) is 39.1 cm³/mol. The summed E-state index contributed by atoms with van der Waals surface area (Å²) < 4.78 is 13.9. The number of rotatable bonds is 2. The molecule has 0 amide bonds. The van der Waals surface area contributed by atoms with Gasteiger partial charge in [0.25, 0.3) is 0 Å². The zero-order chi connectivity index (χ0) is 7.49. The minimum Gasteiger partial charge on any atom is -0.396 e. The van der Waals surface area contributed by atoms with Crippen molar-refractivity contribution in [3.8, 4) is 0 Å². The van der Waals surface area contributed by atoms with Crippen LogP contribution in [0.15, 0.2) is 9.65 Å². The van der Waals surface area contributed by atoms with Crippen molar-refractivity contribution in [2.45, 2.75) is 0 Å². The Balaban J connectivity index is 3.90. The van der Waals surface area contributed by atoms with Crippen molar-refractivity contribution >= 4 is 39.7 Å². The molecule has 0 aromatic carbocycles. The standard InChI is InChI=1S/C2H3Br2O4P/c3-1-2(4)8-9(5,6)7/h1H,(H2,5,6,7). The van der Waals surface area contributed by atoms with Gasteiger partial charge in [-0.3, -0.25) is 9.79 Å². The van der Waals surface area contributed by atoms with Gasteiger partial charge in [0.05, 0.1) is 0 Å². The van der Waals surface area contributed by atoms with Crippen LogP contribution in [-0.4, -0.2) is 9.79 Å². The number of halogens is 2. The van der Waals surface area contributed by atoms with Gasteiger partial charge in [-0.25, -0.2) is 4.57 Å². The van der Waals surface area contributed by atoms with E-state index in [0.29, 0.717) is 0 Å². The van der Waals surface area contributed by atoms with E-state index in [-0.39, 0.29) is 4.67 Å². The molecule has 9 heavy (non-hydrogen) atoms. The van der Waals surface area contributed by atoms with Crippen LogP contribution < -0.4 is 0 Å². The number of phosphoric ester groups is 1. The van der Waals surface area contributed by atoms with E-state index in [1.54, 1.807) is 0 Å². The Kier molecular flexibility index (Phi) is 4.00. The number of phosphoric acid groups is 1. The second kappa shape index (κ2) is 3.73. The molecule has 0 atom stereocenters. The van der Waals surface area contributed by atoms with Gasteiger partial charge in [-0.05, 0) is 15.9 Å². The molecule has 2 N–H and O–H groups in total. The van der Waals surface area contributed by atoms with Crippen LogP contribution >= 0.6 is 39.7 Å². The third-order valence-corrected chi connectivity index (χ3v) is 2.40. The first-order valence-electron chi connectivity index (χ1n) is 1.67. The van der Waals surface area contributed by atoms with Gasteiger partial charge in [-0.1, -0.05) is 15.9 Å². The molecule has 7 heteroatoms. The first-order valence-corrected chi connectivity index (χ1v) is 4.90. The molecule has 0 aromatic rings. The largest absolute Gasteiger partial charge is 0.525 e. The van der Waals surface area contributed by atoms with Gasteiger partial charge in [0.1, 0.15) is 0 Å². The smallest absolute Gasteiger partial charge is 0.396 e. The van der Waals surface area contributed by atoms with Gasteiger partial charge in [-0.2, -0.15) is 0 Å². The van der Waals surface area contributed by atoms with Crippen LogP contribution in [0.5, 0.6) is 0 Å².